The van der Waals surface area contributed by atoms with Gasteiger partial charge in [0.25, 0.3) is 11.2 Å². The number of hydrogen-bond acceptors (Lipinski definition) is 4. The smallest absolute Gasteiger partial charge is 0.285 e. The fourth-order valence-electron chi connectivity index (χ4n) is 1.70. The van der Waals surface area contributed by atoms with Crippen molar-refractivity contribution in [3.63, 3.8) is 0 Å². The highest BCUT2D eigenvalue weighted by molar-refractivity contribution is 7.80. The minimum absolute atomic E-state index is 0.0565. The van der Waals surface area contributed by atoms with Crippen molar-refractivity contribution in [1.29, 1.82) is 0 Å². The minimum Gasteiger partial charge on any atom is -0.309 e. The van der Waals surface area contributed by atoms with Gasteiger partial charge < -0.3 is 4.57 Å². The maximum absolute atomic E-state index is 11.6. The van der Waals surface area contributed by atoms with Crippen LogP contribution in [-0.2, 0) is 6.54 Å². The standard InChI is InChI=1S/C11H16N2O3S/c1-2-3-9(8-17)6-12-7-10(13(15)16)4-5-11(12)14/h4-5,7,9,17H,2-3,6,8H2,1H3. The summed E-state index contributed by atoms with van der Waals surface area (Å²) in [5.41, 5.74) is -0.266. The van der Waals surface area contributed by atoms with E-state index in [2.05, 4.69) is 19.6 Å². The van der Waals surface area contributed by atoms with E-state index in [1.807, 2.05) is 0 Å². The molecule has 0 aliphatic rings. The fraction of sp³-hybridized carbons (Fsp3) is 0.545. The molecule has 5 nitrogen and oxygen atoms in total. The van der Waals surface area contributed by atoms with E-state index in [0.717, 1.165) is 12.8 Å². The van der Waals surface area contributed by atoms with Crippen LogP contribution in [0.25, 0.3) is 0 Å². The maximum Gasteiger partial charge on any atom is 0.285 e. The van der Waals surface area contributed by atoms with Crippen LogP contribution < -0.4 is 5.56 Å². The Morgan fingerprint density at radius 2 is 2.24 bits per heavy atom. The van der Waals surface area contributed by atoms with Gasteiger partial charge in [0.2, 0.25) is 0 Å². The Labute approximate surface area is 105 Å². The third-order valence-corrected chi connectivity index (χ3v) is 3.11. The molecule has 0 bridgehead atoms. The Morgan fingerprint density at radius 1 is 1.53 bits per heavy atom. The second-order valence-corrected chi connectivity index (χ2v) is 4.34. The Kier molecular flexibility index (Phi) is 5.21. The molecule has 0 fully saturated rings. The Balaban J connectivity index is 2.92. The van der Waals surface area contributed by atoms with Gasteiger partial charge in [-0.25, -0.2) is 0 Å². The molecule has 0 N–H and O–H groups in total. The van der Waals surface area contributed by atoms with Crippen LogP contribution in [0.2, 0.25) is 0 Å². The van der Waals surface area contributed by atoms with Crippen LogP contribution in [0, 0.1) is 16.0 Å². The van der Waals surface area contributed by atoms with Crippen LogP contribution in [-0.4, -0.2) is 15.2 Å². The summed E-state index contributed by atoms with van der Waals surface area (Å²) >= 11 is 4.23. The van der Waals surface area contributed by atoms with Crippen molar-refractivity contribution in [3.05, 3.63) is 38.8 Å². The van der Waals surface area contributed by atoms with Gasteiger partial charge in [0.1, 0.15) is 0 Å². The van der Waals surface area contributed by atoms with Crippen molar-refractivity contribution >= 4 is 18.3 Å². The number of nitro groups is 1. The lowest BCUT2D eigenvalue weighted by Crippen LogP contribution is -2.24. The van der Waals surface area contributed by atoms with Crippen LogP contribution in [0.5, 0.6) is 0 Å². The van der Waals surface area contributed by atoms with Crippen LogP contribution in [0.4, 0.5) is 5.69 Å². The quantitative estimate of drug-likeness (QED) is 0.481. The van der Waals surface area contributed by atoms with Crippen molar-refractivity contribution in [2.45, 2.75) is 26.3 Å². The van der Waals surface area contributed by atoms with Crippen molar-refractivity contribution in [2.75, 3.05) is 5.75 Å². The van der Waals surface area contributed by atoms with Crippen LogP contribution in [0.1, 0.15) is 19.8 Å². The van der Waals surface area contributed by atoms with Crippen molar-refractivity contribution in [1.82, 2.24) is 4.57 Å². The molecule has 94 valence electrons. The zero-order valence-electron chi connectivity index (χ0n) is 9.70. The number of hydrogen-bond donors (Lipinski definition) is 1. The third kappa shape index (κ3) is 3.89. The highest BCUT2D eigenvalue weighted by Crippen LogP contribution is 2.12. The summed E-state index contributed by atoms with van der Waals surface area (Å²) in [6.07, 6.45) is 3.27. The van der Waals surface area contributed by atoms with E-state index in [1.54, 1.807) is 0 Å². The SMILES string of the molecule is CCCC(CS)Cn1cc([N+](=O)[O-])ccc1=O. The topological polar surface area (TPSA) is 65.1 Å². The van der Waals surface area contributed by atoms with Crippen LogP contribution in [0.15, 0.2) is 23.1 Å². The summed E-state index contributed by atoms with van der Waals surface area (Å²) in [5, 5.41) is 10.6. The molecule has 1 heterocycles. The van der Waals surface area contributed by atoms with Gasteiger partial charge in [-0.1, -0.05) is 13.3 Å². The van der Waals surface area contributed by atoms with Gasteiger partial charge in [-0.3, -0.25) is 14.9 Å². The monoisotopic (exact) mass is 256 g/mol. The number of aromatic nitrogens is 1. The molecular formula is C11H16N2O3S. The molecule has 0 spiro atoms. The van der Waals surface area contributed by atoms with E-state index < -0.39 is 4.92 Å². The van der Waals surface area contributed by atoms with Gasteiger partial charge in [0.05, 0.1) is 11.1 Å². The molecule has 6 heteroatoms. The summed E-state index contributed by atoms with van der Waals surface area (Å²) in [6, 6.07) is 2.47. The largest absolute Gasteiger partial charge is 0.309 e. The van der Waals surface area contributed by atoms with Crippen LogP contribution >= 0.6 is 12.6 Å². The molecule has 0 saturated carbocycles. The minimum atomic E-state index is -0.495. The number of thiol groups is 1. The first-order valence-corrected chi connectivity index (χ1v) is 6.17. The van der Waals surface area contributed by atoms with E-state index in [4.69, 9.17) is 0 Å². The number of nitrogens with zero attached hydrogens (tertiary/aromatic N) is 2. The van der Waals surface area contributed by atoms with Gasteiger partial charge in [-0.05, 0) is 18.1 Å². The molecule has 1 rings (SSSR count). The molecule has 1 aromatic heterocycles. The maximum atomic E-state index is 11.6. The molecule has 0 aliphatic carbocycles. The van der Waals surface area contributed by atoms with E-state index in [0.29, 0.717) is 12.3 Å². The molecule has 0 amide bonds. The van der Waals surface area contributed by atoms with Gasteiger partial charge in [0, 0.05) is 18.7 Å². The molecule has 1 atom stereocenters. The summed E-state index contributed by atoms with van der Waals surface area (Å²) in [4.78, 5) is 21.7. The zero-order chi connectivity index (χ0) is 12.8. The first-order chi connectivity index (χ1) is 8.08. The van der Waals surface area contributed by atoms with E-state index in [-0.39, 0.29) is 17.2 Å². The number of pyridine rings is 1. The Bertz CT molecular complexity index is 445. The normalized spacial score (nSPS) is 12.4. The van der Waals surface area contributed by atoms with Crippen molar-refractivity contribution in [3.8, 4) is 0 Å². The molecule has 0 saturated heterocycles. The van der Waals surface area contributed by atoms with Gasteiger partial charge in [-0.15, -0.1) is 0 Å². The molecule has 0 aliphatic heterocycles. The lowest BCUT2D eigenvalue weighted by molar-refractivity contribution is -0.385. The molecule has 1 unspecified atom stereocenters. The molecular weight excluding hydrogens is 240 g/mol. The average Bonchev–Trinajstić information content (AvgIpc) is 2.30. The lowest BCUT2D eigenvalue weighted by Gasteiger charge is -2.14. The van der Waals surface area contributed by atoms with Crippen molar-refractivity contribution < 1.29 is 4.92 Å². The summed E-state index contributed by atoms with van der Waals surface area (Å²) < 4.78 is 1.40. The predicted octanol–water partition coefficient (Wildman–Crippen LogP) is 2.10. The molecule has 0 radical (unpaired) electrons. The molecule has 0 aromatic carbocycles. The van der Waals surface area contributed by atoms with E-state index >= 15 is 0 Å². The van der Waals surface area contributed by atoms with Gasteiger partial charge in [0.15, 0.2) is 0 Å². The van der Waals surface area contributed by atoms with Gasteiger partial charge in [-0.2, -0.15) is 12.6 Å². The Hall–Kier alpha value is -1.30. The second kappa shape index (κ2) is 6.44. The number of rotatable bonds is 6. The highest BCUT2D eigenvalue weighted by atomic mass is 32.1. The predicted molar refractivity (Wildman–Crippen MR) is 69.6 cm³/mol. The fourth-order valence-corrected chi connectivity index (χ4v) is 1.99. The molecule has 17 heavy (non-hydrogen) atoms. The summed E-state index contributed by atoms with van der Waals surface area (Å²) in [5.74, 6) is 0.936. The third-order valence-electron chi connectivity index (χ3n) is 2.59. The first-order valence-electron chi connectivity index (χ1n) is 5.54. The van der Waals surface area contributed by atoms with Crippen molar-refractivity contribution in [2.24, 2.45) is 5.92 Å². The molecule has 1 aromatic rings. The average molecular weight is 256 g/mol. The van der Waals surface area contributed by atoms with Crippen LogP contribution in [0.3, 0.4) is 0 Å². The lowest BCUT2D eigenvalue weighted by atomic mass is 10.1. The highest BCUT2D eigenvalue weighted by Gasteiger charge is 2.11. The summed E-state index contributed by atoms with van der Waals surface area (Å²) in [6.45, 7) is 2.55. The zero-order valence-corrected chi connectivity index (χ0v) is 10.6. The van der Waals surface area contributed by atoms with E-state index in [9.17, 15) is 14.9 Å². The second-order valence-electron chi connectivity index (χ2n) is 3.97. The first kappa shape index (κ1) is 13.8. The van der Waals surface area contributed by atoms with Gasteiger partial charge >= 0.3 is 0 Å². The van der Waals surface area contributed by atoms with E-state index in [1.165, 1.54) is 22.9 Å². The Morgan fingerprint density at radius 3 is 2.76 bits per heavy atom. The summed E-state index contributed by atoms with van der Waals surface area (Å²) in [7, 11) is 0.